The number of rotatable bonds is 11. The number of nitrogens with one attached hydrogen (secondary N) is 2. The lowest BCUT2D eigenvalue weighted by Gasteiger charge is -2.35. The zero-order valence-corrected chi connectivity index (χ0v) is 16.6. The zero-order chi connectivity index (χ0) is 17.9. The number of aliphatic imine (C=N–C) groups is 1. The van der Waals surface area contributed by atoms with Gasteiger partial charge in [-0.2, -0.15) is 0 Å². The van der Waals surface area contributed by atoms with Crippen molar-refractivity contribution in [2.75, 3.05) is 60.0 Å². The predicted molar refractivity (Wildman–Crippen MR) is 105 cm³/mol. The highest BCUT2D eigenvalue weighted by atomic mass is 16.5. The van der Waals surface area contributed by atoms with Gasteiger partial charge in [-0.3, -0.25) is 14.8 Å². The van der Waals surface area contributed by atoms with Crippen LogP contribution >= 0.6 is 0 Å². The Balaban J connectivity index is 1.61. The molecule has 25 heavy (non-hydrogen) atoms. The molecule has 2 N–H and O–H groups in total. The first-order chi connectivity index (χ1) is 12.3. The largest absolute Gasteiger partial charge is 0.383 e. The summed E-state index contributed by atoms with van der Waals surface area (Å²) in [6, 6.07) is 1.55. The van der Waals surface area contributed by atoms with Crippen LogP contribution in [0.3, 0.4) is 0 Å². The molecule has 146 valence electrons. The Labute approximate surface area is 154 Å². The molecule has 0 amide bonds. The Morgan fingerprint density at radius 2 is 1.96 bits per heavy atom. The summed E-state index contributed by atoms with van der Waals surface area (Å²) in [5.41, 5.74) is 0. The second kappa shape index (κ2) is 11.7. The molecule has 1 saturated heterocycles. The summed E-state index contributed by atoms with van der Waals surface area (Å²) < 4.78 is 5.22. The number of piperidine rings is 1. The van der Waals surface area contributed by atoms with Crippen LogP contribution in [-0.2, 0) is 4.74 Å². The number of methoxy groups -OCH3 is 1. The van der Waals surface area contributed by atoms with E-state index in [-0.39, 0.29) is 0 Å². The number of guanidine groups is 1. The van der Waals surface area contributed by atoms with Gasteiger partial charge in [0.2, 0.25) is 0 Å². The van der Waals surface area contributed by atoms with Gasteiger partial charge in [-0.15, -0.1) is 0 Å². The smallest absolute Gasteiger partial charge is 0.191 e. The molecule has 0 aromatic carbocycles. The van der Waals surface area contributed by atoms with Crippen LogP contribution in [0.4, 0.5) is 0 Å². The van der Waals surface area contributed by atoms with Crippen LogP contribution in [0.25, 0.3) is 0 Å². The summed E-state index contributed by atoms with van der Waals surface area (Å²) in [6.45, 7) is 9.47. The van der Waals surface area contributed by atoms with Crippen LogP contribution in [0.15, 0.2) is 4.99 Å². The molecule has 0 spiro atoms. The lowest BCUT2D eigenvalue weighted by atomic mass is 10.0. The van der Waals surface area contributed by atoms with E-state index >= 15 is 0 Å². The van der Waals surface area contributed by atoms with E-state index in [4.69, 9.17) is 4.74 Å². The molecule has 2 fully saturated rings. The Hall–Kier alpha value is -0.850. The molecule has 0 aromatic heterocycles. The van der Waals surface area contributed by atoms with Gasteiger partial charge >= 0.3 is 0 Å². The van der Waals surface area contributed by atoms with E-state index in [1.54, 1.807) is 7.11 Å². The van der Waals surface area contributed by atoms with Crippen LogP contribution in [0.2, 0.25) is 0 Å². The molecule has 1 saturated carbocycles. The fourth-order valence-electron chi connectivity index (χ4n) is 3.80. The zero-order valence-electron chi connectivity index (χ0n) is 16.6. The molecule has 0 aromatic rings. The van der Waals surface area contributed by atoms with Crippen molar-refractivity contribution in [3.05, 3.63) is 0 Å². The van der Waals surface area contributed by atoms with Crippen molar-refractivity contribution >= 4 is 5.96 Å². The molecule has 1 unspecified atom stereocenters. The highest BCUT2D eigenvalue weighted by Gasteiger charge is 2.28. The fraction of sp³-hybridized carbons (Fsp3) is 0.947. The first-order valence-electron chi connectivity index (χ1n) is 10.2. The SMILES string of the molecule is CCC1CCCCN1CCNC(=NC)NCCN(CCOC)C1CC1. The number of hydrogen-bond donors (Lipinski definition) is 2. The van der Waals surface area contributed by atoms with Gasteiger partial charge < -0.3 is 15.4 Å². The Morgan fingerprint density at radius 3 is 2.64 bits per heavy atom. The first-order valence-corrected chi connectivity index (χ1v) is 10.2. The summed E-state index contributed by atoms with van der Waals surface area (Å²) in [7, 11) is 3.63. The van der Waals surface area contributed by atoms with Gasteiger partial charge in [0.25, 0.3) is 0 Å². The maximum atomic E-state index is 5.22. The lowest BCUT2D eigenvalue weighted by molar-refractivity contribution is 0.144. The normalized spacial score (nSPS) is 22.4. The van der Waals surface area contributed by atoms with Crippen molar-refractivity contribution < 1.29 is 4.74 Å². The predicted octanol–water partition coefficient (Wildman–Crippen LogP) is 1.53. The van der Waals surface area contributed by atoms with E-state index in [0.717, 1.165) is 57.4 Å². The Kier molecular flexibility index (Phi) is 9.58. The molecular weight excluding hydrogens is 314 g/mol. The molecule has 1 heterocycles. The van der Waals surface area contributed by atoms with Gasteiger partial charge in [-0.25, -0.2) is 0 Å². The molecule has 2 aliphatic rings. The van der Waals surface area contributed by atoms with Crippen LogP contribution < -0.4 is 10.6 Å². The highest BCUT2D eigenvalue weighted by molar-refractivity contribution is 5.79. The molecule has 0 bridgehead atoms. The summed E-state index contributed by atoms with van der Waals surface area (Å²) in [6.07, 6.45) is 8.05. The molecule has 6 nitrogen and oxygen atoms in total. The number of nitrogens with zero attached hydrogens (tertiary/aromatic N) is 3. The van der Waals surface area contributed by atoms with Crippen LogP contribution in [0.1, 0.15) is 45.4 Å². The topological polar surface area (TPSA) is 52.1 Å². The summed E-state index contributed by atoms with van der Waals surface area (Å²) in [4.78, 5) is 9.54. The summed E-state index contributed by atoms with van der Waals surface area (Å²) >= 11 is 0. The van der Waals surface area contributed by atoms with E-state index < -0.39 is 0 Å². The third-order valence-corrected chi connectivity index (χ3v) is 5.47. The van der Waals surface area contributed by atoms with E-state index in [2.05, 4.69) is 32.3 Å². The third-order valence-electron chi connectivity index (χ3n) is 5.47. The molecule has 1 aliphatic carbocycles. The van der Waals surface area contributed by atoms with Crippen molar-refractivity contribution in [2.45, 2.75) is 57.5 Å². The van der Waals surface area contributed by atoms with E-state index in [9.17, 15) is 0 Å². The standard InChI is InChI=1S/C19H39N5O/c1-4-17-7-5-6-12-23(17)13-10-21-19(20-2)22-11-14-24(15-16-25-3)18-8-9-18/h17-18H,4-16H2,1-3H3,(H2,20,21,22). The minimum Gasteiger partial charge on any atom is -0.383 e. The second-order valence-electron chi connectivity index (χ2n) is 7.28. The quantitative estimate of drug-likeness (QED) is 0.436. The Morgan fingerprint density at radius 1 is 1.16 bits per heavy atom. The monoisotopic (exact) mass is 353 g/mol. The van der Waals surface area contributed by atoms with Crippen molar-refractivity contribution in [3.63, 3.8) is 0 Å². The summed E-state index contributed by atoms with van der Waals surface area (Å²) in [5, 5.41) is 6.94. The molecule has 1 atom stereocenters. The second-order valence-corrected chi connectivity index (χ2v) is 7.28. The van der Waals surface area contributed by atoms with Crippen molar-refractivity contribution in [3.8, 4) is 0 Å². The third kappa shape index (κ3) is 7.50. The fourth-order valence-corrected chi connectivity index (χ4v) is 3.80. The van der Waals surface area contributed by atoms with Crippen LogP contribution in [-0.4, -0.2) is 87.9 Å². The van der Waals surface area contributed by atoms with Gasteiger partial charge in [0, 0.05) is 59.0 Å². The van der Waals surface area contributed by atoms with Crippen molar-refractivity contribution in [1.82, 2.24) is 20.4 Å². The van der Waals surface area contributed by atoms with E-state index in [1.165, 1.54) is 45.1 Å². The van der Waals surface area contributed by atoms with Crippen LogP contribution in [0.5, 0.6) is 0 Å². The van der Waals surface area contributed by atoms with Gasteiger partial charge in [-0.05, 0) is 38.6 Å². The van der Waals surface area contributed by atoms with Gasteiger partial charge in [0.05, 0.1) is 6.61 Å². The van der Waals surface area contributed by atoms with Crippen molar-refractivity contribution in [1.29, 1.82) is 0 Å². The summed E-state index contributed by atoms with van der Waals surface area (Å²) in [5.74, 6) is 0.924. The number of ether oxygens (including phenoxy) is 1. The highest BCUT2D eigenvalue weighted by Crippen LogP contribution is 2.25. The number of likely N-dealkylation sites (tertiary alicyclic amines) is 1. The van der Waals surface area contributed by atoms with Crippen LogP contribution in [0, 0.1) is 0 Å². The molecule has 0 radical (unpaired) electrons. The maximum absolute atomic E-state index is 5.22. The molecule has 2 rings (SSSR count). The van der Waals surface area contributed by atoms with Crippen molar-refractivity contribution in [2.24, 2.45) is 4.99 Å². The maximum Gasteiger partial charge on any atom is 0.191 e. The number of hydrogen-bond acceptors (Lipinski definition) is 4. The van der Waals surface area contributed by atoms with Gasteiger partial charge in [-0.1, -0.05) is 13.3 Å². The van der Waals surface area contributed by atoms with Gasteiger partial charge in [0.15, 0.2) is 5.96 Å². The molecule has 1 aliphatic heterocycles. The van der Waals surface area contributed by atoms with E-state index in [0.29, 0.717) is 0 Å². The minimum absolute atomic E-state index is 0.775. The Bertz CT molecular complexity index is 386. The molecule has 6 heteroatoms. The molecular formula is C19H39N5O. The first kappa shape index (κ1) is 20.5. The van der Waals surface area contributed by atoms with E-state index in [1.807, 2.05) is 7.05 Å². The lowest BCUT2D eigenvalue weighted by Crippen LogP contribution is -2.47. The minimum atomic E-state index is 0.775. The average molecular weight is 354 g/mol. The average Bonchev–Trinajstić information content (AvgIpc) is 3.48. The van der Waals surface area contributed by atoms with Gasteiger partial charge in [0.1, 0.15) is 0 Å².